The largest absolute Gasteiger partial charge is 0.453 e. The van der Waals surface area contributed by atoms with E-state index in [-0.39, 0.29) is 35.5 Å². The van der Waals surface area contributed by atoms with Crippen LogP contribution in [0.4, 0.5) is 9.59 Å². The summed E-state index contributed by atoms with van der Waals surface area (Å²) in [6.45, 7) is 19.5. The first kappa shape index (κ1) is 49.1. The second-order valence-electron chi connectivity index (χ2n) is 20.0. The molecule has 0 unspecified atom stereocenters. The first-order valence-electron chi connectivity index (χ1n) is 22.8. The molecule has 2 aromatic heterocycles. The molecular formula is C50H66N8O8. The molecule has 2 aliphatic heterocycles. The van der Waals surface area contributed by atoms with Crippen molar-refractivity contribution < 1.29 is 38.2 Å². The quantitative estimate of drug-likeness (QED) is 0.148. The second kappa shape index (κ2) is 19.6. The van der Waals surface area contributed by atoms with Gasteiger partial charge in [0, 0.05) is 35.0 Å². The summed E-state index contributed by atoms with van der Waals surface area (Å²) in [6.07, 6.45) is 4.65. The smallest absolute Gasteiger partial charge is 0.407 e. The third kappa shape index (κ3) is 10.1. The Kier molecular flexibility index (Phi) is 14.6. The molecule has 2 aromatic carbocycles. The molecule has 2 saturated heterocycles. The van der Waals surface area contributed by atoms with Crippen LogP contribution in [0.5, 0.6) is 0 Å². The number of hydrogen-bond acceptors (Lipinski definition) is 10. The Bertz CT molecular complexity index is 2270. The Hall–Kier alpha value is -6.32. The van der Waals surface area contributed by atoms with E-state index in [0.29, 0.717) is 61.8 Å². The maximum atomic E-state index is 14.3. The number of imidazole rings is 2. The lowest BCUT2D eigenvalue weighted by atomic mass is 9.94. The van der Waals surface area contributed by atoms with Gasteiger partial charge in [0.25, 0.3) is 0 Å². The van der Waals surface area contributed by atoms with E-state index >= 15 is 0 Å². The van der Waals surface area contributed by atoms with Gasteiger partial charge in [-0.15, -0.1) is 0 Å². The number of rotatable bonds is 11. The summed E-state index contributed by atoms with van der Waals surface area (Å²) in [4.78, 5) is 93.9. The first-order chi connectivity index (χ1) is 31.1. The Morgan fingerprint density at radius 3 is 1.17 bits per heavy atom. The van der Waals surface area contributed by atoms with Crippen molar-refractivity contribution in [1.82, 2.24) is 39.5 Å². The number of methoxy groups -OCH3 is 2. The van der Waals surface area contributed by atoms with E-state index < -0.39 is 47.2 Å². The summed E-state index contributed by atoms with van der Waals surface area (Å²) in [7, 11) is 2.52. The Morgan fingerprint density at radius 1 is 0.561 bits per heavy atom. The molecule has 2 fully saturated rings. The van der Waals surface area contributed by atoms with E-state index in [1.807, 2.05) is 118 Å². The van der Waals surface area contributed by atoms with Crippen molar-refractivity contribution in [2.75, 3.05) is 27.3 Å². The van der Waals surface area contributed by atoms with Crippen molar-refractivity contribution >= 4 is 35.8 Å². The highest BCUT2D eigenvalue weighted by Crippen LogP contribution is 2.39. The molecule has 16 nitrogen and oxygen atoms in total. The second-order valence-corrected chi connectivity index (χ2v) is 20.0. The zero-order valence-electron chi connectivity index (χ0n) is 40.4. The van der Waals surface area contributed by atoms with Crippen molar-refractivity contribution in [2.24, 2.45) is 22.7 Å². The van der Waals surface area contributed by atoms with Crippen molar-refractivity contribution in [2.45, 2.75) is 119 Å². The molecule has 0 spiro atoms. The number of nitrogens with one attached hydrogen (secondary N) is 2. The standard InChI is InChI=1S/C50H66N8O8/c1-29(2)39(53-47(63)65-11)43(59)55-25-13-15-35(55)41-51-27-37(57(41)45(61)49(5,6)7)33-21-17-31(18-22-33)32-19-23-34(24-20-32)38-28-52-42(58(38)46(62)50(8,9)10)36-16-14-26-56(36)44(60)40(30(3)4)54-48(64)66-12/h17-24,27-30,35-36,39-40H,13-16,25-26H2,1-12H3,(H,53,63)(H,54,64)/t35-,36-,39+,40+/m1/s1. The molecule has 2 aliphatic rings. The molecule has 4 aromatic rings. The normalized spacial score (nSPS) is 17.5. The number of alkyl carbamates (subject to hydrolysis) is 2. The lowest BCUT2D eigenvalue weighted by Gasteiger charge is -2.31. The highest BCUT2D eigenvalue weighted by molar-refractivity contribution is 5.91. The van der Waals surface area contributed by atoms with Gasteiger partial charge in [0.15, 0.2) is 0 Å². The fourth-order valence-corrected chi connectivity index (χ4v) is 8.73. The maximum Gasteiger partial charge on any atom is 0.407 e. The fraction of sp³-hybridized carbons (Fsp3) is 0.520. The van der Waals surface area contributed by atoms with E-state index in [1.165, 1.54) is 14.2 Å². The van der Waals surface area contributed by atoms with Gasteiger partial charge < -0.3 is 29.9 Å². The molecule has 16 heteroatoms. The van der Waals surface area contributed by atoms with Crippen LogP contribution in [0.2, 0.25) is 0 Å². The molecule has 0 saturated carbocycles. The van der Waals surface area contributed by atoms with Crippen LogP contribution in [0.3, 0.4) is 0 Å². The number of amides is 4. The summed E-state index contributed by atoms with van der Waals surface area (Å²) in [5.41, 5.74) is 3.05. The number of carbonyl (C=O) groups excluding carboxylic acids is 6. The Balaban J connectivity index is 1.30. The number of carbonyl (C=O) groups is 6. The number of hydrogen-bond donors (Lipinski definition) is 2. The van der Waals surface area contributed by atoms with Crippen LogP contribution >= 0.6 is 0 Å². The van der Waals surface area contributed by atoms with Crippen molar-refractivity contribution in [3.8, 4) is 33.6 Å². The third-order valence-electron chi connectivity index (χ3n) is 12.4. The van der Waals surface area contributed by atoms with Crippen molar-refractivity contribution in [1.29, 1.82) is 0 Å². The number of aromatic nitrogens is 4. The van der Waals surface area contributed by atoms with Crippen molar-refractivity contribution in [3.63, 3.8) is 0 Å². The summed E-state index contributed by atoms with van der Waals surface area (Å²) >= 11 is 0. The van der Waals surface area contributed by atoms with Gasteiger partial charge in [0.1, 0.15) is 23.7 Å². The van der Waals surface area contributed by atoms with Crippen LogP contribution < -0.4 is 10.6 Å². The fourth-order valence-electron chi connectivity index (χ4n) is 8.73. The molecular weight excluding hydrogens is 841 g/mol. The van der Waals surface area contributed by atoms with Gasteiger partial charge >= 0.3 is 12.2 Å². The lowest BCUT2D eigenvalue weighted by Crippen LogP contribution is -2.51. The zero-order valence-corrected chi connectivity index (χ0v) is 40.4. The highest BCUT2D eigenvalue weighted by Gasteiger charge is 2.42. The summed E-state index contributed by atoms with van der Waals surface area (Å²) < 4.78 is 12.9. The lowest BCUT2D eigenvalue weighted by molar-refractivity contribution is -0.136. The average molecular weight is 907 g/mol. The molecule has 4 amide bonds. The molecule has 2 N–H and O–H groups in total. The van der Waals surface area contributed by atoms with Crippen LogP contribution in [0.1, 0.15) is 128 Å². The van der Waals surface area contributed by atoms with E-state index in [2.05, 4.69) is 10.6 Å². The highest BCUT2D eigenvalue weighted by atomic mass is 16.5. The van der Waals surface area contributed by atoms with E-state index in [4.69, 9.17) is 19.4 Å². The predicted octanol–water partition coefficient (Wildman–Crippen LogP) is 8.54. The minimum atomic E-state index is -0.812. The molecule has 0 bridgehead atoms. The van der Waals surface area contributed by atoms with Crippen LogP contribution in [0.25, 0.3) is 33.6 Å². The maximum absolute atomic E-state index is 14.3. The molecule has 354 valence electrons. The van der Waals surface area contributed by atoms with Crippen LogP contribution in [0.15, 0.2) is 60.9 Å². The summed E-state index contributed by atoms with van der Waals surface area (Å²) in [5, 5.41) is 5.38. The van der Waals surface area contributed by atoms with Gasteiger partial charge in [0.05, 0.1) is 50.1 Å². The minimum Gasteiger partial charge on any atom is -0.453 e. The van der Waals surface area contributed by atoms with Crippen LogP contribution in [0, 0.1) is 22.7 Å². The minimum absolute atomic E-state index is 0.160. The Labute approximate surface area is 387 Å². The van der Waals surface area contributed by atoms with Gasteiger partial charge in [-0.2, -0.15) is 0 Å². The van der Waals surface area contributed by atoms with Crippen molar-refractivity contribution in [3.05, 3.63) is 72.6 Å². The van der Waals surface area contributed by atoms with E-state index in [0.717, 1.165) is 22.3 Å². The molecule has 0 radical (unpaired) electrons. The molecule has 6 rings (SSSR count). The molecule has 4 heterocycles. The SMILES string of the molecule is COC(=O)N[C@H](C(=O)N1CCC[C@@H]1c1ncc(-c2ccc(-c3ccc(-c4cnc([C@H]5CCCN5C(=O)[C@@H](NC(=O)OC)C(C)C)n4C(=O)C(C)(C)C)cc3)cc2)n1C(=O)C(C)(C)C)C(C)C. The van der Waals surface area contributed by atoms with Gasteiger partial charge in [-0.25, -0.2) is 19.6 Å². The summed E-state index contributed by atoms with van der Waals surface area (Å²) in [6, 6.07) is 13.2. The average Bonchev–Trinajstić information content (AvgIpc) is 4.11. The molecule has 4 atom stereocenters. The van der Waals surface area contributed by atoms with Gasteiger partial charge in [-0.05, 0) is 48.6 Å². The van der Waals surface area contributed by atoms with Gasteiger partial charge in [0.2, 0.25) is 23.6 Å². The monoisotopic (exact) mass is 907 g/mol. The third-order valence-corrected chi connectivity index (χ3v) is 12.4. The Morgan fingerprint density at radius 2 is 0.879 bits per heavy atom. The van der Waals surface area contributed by atoms with E-state index in [1.54, 1.807) is 31.3 Å². The zero-order chi connectivity index (χ0) is 48.4. The number of benzene rings is 2. The number of likely N-dealkylation sites (tertiary alicyclic amines) is 2. The van der Waals surface area contributed by atoms with E-state index in [9.17, 15) is 28.8 Å². The van der Waals surface area contributed by atoms with Crippen LogP contribution in [-0.4, -0.2) is 104 Å². The van der Waals surface area contributed by atoms with Crippen LogP contribution in [-0.2, 0) is 19.1 Å². The number of nitrogens with zero attached hydrogens (tertiary/aromatic N) is 6. The number of ether oxygens (including phenoxy) is 2. The van der Waals surface area contributed by atoms with Gasteiger partial charge in [-0.1, -0.05) is 118 Å². The topological polar surface area (TPSA) is 187 Å². The summed E-state index contributed by atoms with van der Waals surface area (Å²) in [5.74, 6) is -0.283. The molecule has 66 heavy (non-hydrogen) atoms. The first-order valence-corrected chi connectivity index (χ1v) is 22.8. The predicted molar refractivity (Wildman–Crippen MR) is 250 cm³/mol. The molecule has 0 aliphatic carbocycles. The van der Waals surface area contributed by atoms with Gasteiger partial charge in [-0.3, -0.25) is 28.3 Å².